The first-order valence-corrected chi connectivity index (χ1v) is 29.5. The lowest BCUT2D eigenvalue weighted by Crippen LogP contribution is -2.45. The quantitative estimate of drug-likeness (QED) is 0.0254. The van der Waals surface area contributed by atoms with Gasteiger partial charge in [0.25, 0.3) is 0 Å². The Morgan fingerprint density at radius 3 is 0.820 bits per heavy atom. The molecule has 26 nitrogen and oxygen atoms in total. The summed E-state index contributed by atoms with van der Waals surface area (Å²) in [7, 11) is 0. The van der Waals surface area contributed by atoms with Crippen LogP contribution in [0.4, 0.5) is 0 Å². The van der Waals surface area contributed by atoms with Gasteiger partial charge in [0.1, 0.15) is 12.2 Å². The fraction of sp³-hybridized carbons (Fsp3) is 0.619. The molecule has 0 amide bonds. The van der Waals surface area contributed by atoms with Gasteiger partial charge in [-0.05, 0) is 112 Å². The fourth-order valence-electron chi connectivity index (χ4n) is 7.01. The maximum absolute atomic E-state index is 12.2. The standard InChI is InChI=1S/C24H36O9.C22H32O9.C9H14O4.C8H12O4/c1-16(2)23(27)29-12-8-6-10-21(25)32-19-14-18(5)31-15-20(19)33-22(26)11-7-9-13-30-24(28)17(3)4;1-4-19(23)27-12-8-6-10-21(25)30-17-14-16(3)29-15-18(17)31-22(26)11-7-9-13-28-20(24)5-2;1-7(2)9(12)13-6-4-3-5-8(10)11;1-2-8(11)12-6-4-3-5-7(9)10/h18-20H,1,3,6-15H2,2,4-5H3;4-5,16-18H,1-2,6-15H2,3H3;1,3-6H2,2H3,(H,10,11);2H,1,3-6H2,(H,9,10)/t18?,19-,20+;16?,17-,18+;;/m00../s1. The van der Waals surface area contributed by atoms with Crippen molar-refractivity contribution in [3.05, 3.63) is 74.4 Å². The number of unbranched alkanes of at least 4 members (excludes halogenated alkanes) is 6. The van der Waals surface area contributed by atoms with Crippen LogP contribution in [0.3, 0.4) is 0 Å². The molecular formula is C63H94O26. The maximum atomic E-state index is 12.2. The van der Waals surface area contributed by atoms with E-state index in [1.807, 2.05) is 13.8 Å². The molecule has 2 fully saturated rings. The Kier molecular flexibility index (Phi) is 48.5. The van der Waals surface area contributed by atoms with Crippen molar-refractivity contribution in [2.75, 3.05) is 52.9 Å². The monoisotopic (exact) mass is 1270 g/mol. The van der Waals surface area contributed by atoms with Crippen LogP contribution in [-0.2, 0) is 114 Å². The van der Waals surface area contributed by atoms with Crippen LogP contribution >= 0.6 is 0 Å². The fourth-order valence-corrected chi connectivity index (χ4v) is 7.01. The summed E-state index contributed by atoms with van der Waals surface area (Å²) in [5, 5.41) is 16.5. The zero-order valence-corrected chi connectivity index (χ0v) is 52.4. The highest BCUT2D eigenvalue weighted by Gasteiger charge is 2.36. The van der Waals surface area contributed by atoms with Crippen LogP contribution in [0.5, 0.6) is 0 Å². The summed E-state index contributed by atoms with van der Waals surface area (Å²) in [5.41, 5.74) is 1.01. The predicted octanol–water partition coefficient (Wildman–Crippen LogP) is 7.95. The number of carbonyl (C=O) groups is 12. The summed E-state index contributed by atoms with van der Waals surface area (Å²) in [6, 6.07) is 0. The van der Waals surface area contributed by atoms with Gasteiger partial charge in [0, 0.05) is 86.3 Å². The molecule has 0 aromatic carbocycles. The number of esters is 10. The average molecular weight is 1270 g/mol. The molecule has 502 valence electrons. The van der Waals surface area contributed by atoms with E-state index in [0.717, 1.165) is 18.2 Å². The van der Waals surface area contributed by atoms with Gasteiger partial charge in [0.2, 0.25) is 0 Å². The van der Waals surface area contributed by atoms with E-state index >= 15 is 0 Å². The van der Waals surface area contributed by atoms with Crippen LogP contribution in [0.25, 0.3) is 0 Å². The van der Waals surface area contributed by atoms with Gasteiger partial charge in [-0.15, -0.1) is 0 Å². The third-order valence-corrected chi connectivity index (χ3v) is 11.8. The Labute approximate surface area is 521 Å². The van der Waals surface area contributed by atoms with Crippen LogP contribution in [0.15, 0.2) is 74.4 Å². The summed E-state index contributed by atoms with van der Waals surface area (Å²) < 4.78 is 62.1. The molecule has 2 N–H and O–H groups in total. The van der Waals surface area contributed by atoms with E-state index in [0.29, 0.717) is 107 Å². The molecule has 0 aliphatic carbocycles. The first kappa shape index (κ1) is 83.1. The molecule has 2 aliphatic heterocycles. The average Bonchev–Trinajstić information content (AvgIpc) is 3.37. The number of carboxylic acid groups (broad SMARTS) is 2. The molecule has 2 saturated heterocycles. The van der Waals surface area contributed by atoms with Crippen molar-refractivity contribution in [3.8, 4) is 0 Å². The van der Waals surface area contributed by atoms with Gasteiger partial charge in [-0.3, -0.25) is 28.8 Å². The normalized spacial score (nSPS) is 17.0. The first-order valence-electron chi connectivity index (χ1n) is 29.5. The molecule has 2 unspecified atom stereocenters. The second-order valence-electron chi connectivity index (χ2n) is 20.3. The van der Waals surface area contributed by atoms with E-state index < -0.39 is 96.0 Å². The second-order valence-corrected chi connectivity index (χ2v) is 20.3. The SMILES string of the molecule is C=C(C)C(=O)OCCCCC(=O)O.C=C(C)C(=O)OCCCCC(=O)O[C@H]1CC(C)OC[C@H]1OC(=O)CCCCOC(=O)C(=C)C.C=CC(=O)OCCCCC(=O)O.C=CC(=O)OCCCCC(=O)O[C@H]1CC(C)OC[C@H]1OC(=O)CCCCOC(=O)C=C. The first-order chi connectivity index (χ1) is 42.1. The second kappa shape index (κ2) is 52.0. The molecule has 0 aromatic heterocycles. The lowest BCUT2D eigenvalue weighted by Gasteiger charge is -2.34. The minimum Gasteiger partial charge on any atom is -0.481 e. The highest BCUT2D eigenvalue weighted by atomic mass is 16.6. The Morgan fingerprint density at radius 1 is 0.371 bits per heavy atom. The number of hydrogen-bond acceptors (Lipinski definition) is 24. The molecule has 2 aliphatic rings. The molecule has 2 rings (SSSR count). The van der Waals surface area contributed by atoms with Gasteiger partial charge in [0.15, 0.2) is 12.2 Å². The van der Waals surface area contributed by atoms with Crippen molar-refractivity contribution in [1.82, 2.24) is 0 Å². The smallest absolute Gasteiger partial charge is 0.333 e. The number of ether oxygens (including phenoxy) is 12. The number of hydrogen-bond donors (Lipinski definition) is 2. The lowest BCUT2D eigenvalue weighted by atomic mass is 10.0. The molecule has 26 heteroatoms. The maximum Gasteiger partial charge on any atom is 0.333 e. The Balaban J connectivity index is 0. The summed E-state index contributed by atoms with van der Waals surface area (Å²) in [4.78, 5) is 135. The molecule has 0 radical (unpaired) electrons. The highest BCUT2D eigenvalue weighted by molar-refractivity contribution is 5.88. The van der Waals surface area contributed by atoms with Crippen molar-refractivity contribution in [2.24, 2.45) is 0 Å². The largest absolute Gasteiger partial charge is 0.481 e. The van der Waals surface area contributed by atoms with Gasteiger partial charge < -0.3 is 67.1 Å². The van der Waals surface area contributed by atoms with E-state index in [2.05, 4.69) is 44.2 Å². The molecule has 2 heterocycles. The van der Waals surface area contributed by atoms with E-state index in [1.54, 1.807) is 20.8 Å². The number of carboxylic acids is 2. The van der Waals surface area contributed by atoms with Crippen molar-refractivity contribution in [2.45, 2.75) is 200 Å². The van der Waals surface area contributed by atoms with Crippen molar-refractivity contribution < 1.29 is 125 Å². The van der Waals surface area contributed by atoms with Crippen LogP contribution in [-0.4, -0.2) is 171 Å². The molecule has 6 atom stereocenters. The van der Waals surface area contributed by atoms with Crippen LogP contribution in [0, 0.1) is 0 Å². The third-order valence-electron chi connectivity index (χ3n) is 11.8. The van der Waals surface area contributed by atoms with E-state index in [-0.39, 0.29) is 104 Å². The molecular weight excluding hydrogens is 1170 g/mol. The Bertz CT molecular complexity index is 2300. The number of aliphatic carboxylic acids is 2. The lowest BCUT2D eigenvalue weighted by molar-refractivity contribution is -0.188. The van der Waals surface area contributed by atoms with Crippen molar-refractivity contribution >= 4 is 71.6 Å². The summed E-state index contributed by atoms with van der Waals surface area (Å²) in [6.07, 6.45) is 8.53. The minimum absolute atomic E-state index is 0.116. The molecule has 0 bridgehead atoms. The van der Waals surface area contributed by atoms with E-state index in [9.17, 15) is 57.5 Å². The predicted molar refractivity (Wildman–Crippen MR) is 319 cm³/mol. The summed E-state index contributed by atoms with van der Waals surface area (Å²) in [5.74, 6) is -6.11. The Morgan fingerprint density at radius 2 is 0.596 bits per heavy atom. The molecule has 0 saturated carbocycles. The highest BCUT2D eigenvalue weighted by Crippen LogP contribution is 2.23. The van der Waals surface area contributed by atoms with Crippen LogP contribution in [0.2, 0.25) is 0 Å². The summed E-state index contributed by atoms with van der Waals surface area (Å²) >= 11 is 0. The number of rotatable bonds is 40. The van der Waals surface area contributed by atoms with Crippen LogP contribution < -0.4 is 0 Å². The molecule has 0 spiro atoms. The van der Waals surface area contributed by atoms with Gasteiger partial charge in [-0.1, -0.05) is 39.5 Å². The van der Waals surface area contributed by atoms with E-state index in [4.69, 9.17) is 62.3 Å². The minimum atomic E-state index is -0.829. The number of carbonyl (C=O) groups excluding carboxylic acids is 10. The molecule has 0 aromatic rings. The molecule has 89 heavy (non-hydrogen) atoms. The van der Waals surface area contributed by atoms with E-state index in [1.165, 1.54) is 0 Å². The van der Waals surface area contributed by atoms with Gasteiger partial charge in [-0.2, -0.15) is 0 Å². The van der Waals surface area contributed by atoms with Gasteiger partial charge in [-0.25, -0.2) is 28.8 Å². The Hall–Kier alpha value is -8.00. The zero-order chi connectivity index (χ0) is 67.5. The van der Waals surface area contributed by atoms with Gasteiger partial charge in [0.05, 0.1) is 65.1 Å². The summed E-state index contributed by atoms with van der Waals surface area (Å²) in [6.45, 7) is 30.3. The van der Waals surface area contributed by atoms with Gasteiger partial charge >= 0.3 is 71.6 Å². The zero-order valence-electron chi connectivity index (χ0n) is 52.4. The topological polar surface area (TPSA) is 356 Å². The van der Waals surface area contributed by atoms with Crippen molar-refractivity contribution in [3.63, 3.8) is 0 Å². The third kappa shape index (κ3) is 48.7. The van der Waals surface area contributed by atoms with Crippen molar-refractivity contribution in [1.29, 1.82) is 0 Å². The van der Waals surface area contributed by atoms with Crippen LogP contribution in [0.1, 0.15) is 163 Å².